The first-order valence-corrected chi connectivity index (χ1v) is 16.9. The maximum absolute atomic E-state index is 14.4. The minimum atomic E-state index is -0.565. The Hall–Kier alpha value is -4.52. The summed E-state index contributed by atoms with van der Waals surface area (Å²) in [7, 11) is 0. The van der Waals surface area contributed by atoms with Gasteiger partial charge in [-0.2, -0.15) is 0 Å². The molecule has 3 aromatic rings. The van der Waals surface area contributed by atoms with E-state index in [1.807, 2.05) is 40.7 Å². The second-order valence-electron chi connectivity index (χ2n) is 14.8. The van der Waals surface area contributed by atoms with Crippen LogP contribution in [0.3, 0.4) is 0 Å². The number of fused-ring (bicyclic) bond motifs is 1. The molecule has 2 amide bonds. The quantitative estimate of drug-likeness (QED) is 0.337. The van der Waals surface area contributed by atoms with Crippen LogP contribution in [0, 0.1) is 11.2 Å². The second-order valence-corrected chi connectivity index (χ2v) is 14.8. The van der Waals surface area contributed by atoms with Crippen LogP contribution in [-0.4, -0.2) is 93.4 Å². The molecular formula is C36H43FN6O6. The number of rotatable bonds is 6. The monoisotopic (exact) mass is 674 g/mol. The Bertz CT molecular complexity index is 1730. The van der Waals surface area contributed by atoms with Gasteiger partial charge in [-0.1, -0.05) is 0 Å². The van der Waals surface area contributed by atoms with Crippen molar-refractivity contribution in [2.24, 2.45) is 5.41 Å². The fourth-order valence-electron chi connectivity index (χ4n) is 7.38. The molecular weight excluding hydrogens is 631 g/mol. The van der Waals surface area contributed by atoms with E-state index in [9.17, 15) is 14.0 Å². The molecule has 1 aromatic carbocycles. The lowest BCUT2D eigenvalue weighted by atomic mass is 9.61. The van der Waals surface area contributed by atoms with Crippen molar-refractivity contribution < 1.29 is 32.9 Å². The zero-order valence-corrected chi connectivity index (χ0v) is 28.6. The lowest BCUT2D eigenvalue weighted by Gasteiger charge is -2.59. The van der Waals surface area contributed by atoms with E-state index < -0.39 is 11.4 Å². The third-order valence-electron chi connectivity index (χ3n) is 9.64. The molecule has 0 N–H and O–H groups in total. The Labute approximate surface area is 285 Å². The van der Waals surface area contributed by atoms with Crippen molar-refractivity contribution in [1.82, 2.24) is 24.8 Å². The van der Waals surface area contributed by atoms with Gasteiger partial charge < -0.3 is 33.6 Å². The molecule has 260 valence electrons. The van der Waals surface area contributed by atoms with E-state index >= 15 is 0 Å². The van der Waals surface area contributed by atoms with Crippen molar-refractivity contribution in [2.75, 3.05) is 37.7 Å². The SMILES string of the molecule is C[C@@H]1COC[C@H](C)N1C(=O)c1cc(F)ccc1Oc1cncnc1N1CC2(CC(Oc3ccnc4c3CN(C(=O)OC(C)(C)C)CC4)C2)C1. The van der Waals surface area contributed by atoms with Gasteiger partial charge in [-0.05, 0) is 71.7 Å². The summed E-state index contributed by atoms with van der Waals surface area (Å²) >= 11 is 0. The first kappa shape index (κ1) is 33.0. The molecule has 13 heteroatoms. The van der Waals surface area contributed by atoms with E-state index in [0.717, 1.165) is 42.9 Å². The molecule has 3 fully saturated rings. The normalized spacial score (nSPS) is 21.8. The fourth-order valence-corrected chi connectivity index (χ4v) is 7.38. The number of pyridine rings is 1. The van der Waals surface area contributed by atoms with Gasteiger partial charge >= 0.3 is 6.09 Å². The maximum atomic E-state index is 14.4. The average Bonchev–Trinajstić information content (AvgIpc) is 3.01. The lowest BCUT2D eigenvalue weighted by Crippen LogP contribution is -2.65. The van der Waals surface area contributed by atoms with Crippen LogP contribution in [0.1, 0.15) is 69.1 Å². The summed E-state index contributed by atoms with van der Waals surface area (Å²) in [5.41, 5.74) is 1.56. The molecule has 3 aliphatic heterocycles. The van der Waals surface area contributed by atoms with Crippen LogP contribution in [0.15, 0.2) is 43.0 Å². The summed E-state index contributed by atoms with van der Waals surface area (Å²) in [6.07, 6.45) is 6.94. The summed E-state index contributed by atoms with van der Waals surface area (Å²) in [6.45, 7) is 12.7. The molecule has 49 heavy (non-hydrogen) atoms. The van der Waals surface area contributed by atoms with Crippen molar-refractivity contribution in [3.63, 3.8) is 0 Å². The van der Waals surface area contributed by atoms with E-state index in [-0.39, 0.29) is 46.9 Å². The van der Waals surface area contributed by atoms with E-state index in [1.54, 1.807) is 22.2 Å². The zero-order valence-electron chi connectivity index (χ0n) is 28.6. The molecule has 2 aromatic heterocycles. The predicted molar refractivity (Wildman–Crippen MR) is 177 cm³/mol. The highest BCUT2D eigenvalue weighted by Gasteiger charge is 2.54. The topological polar surface area (TPSA) is 119 Å². The average molecular weight is 675 g/mol. The van der Waals surface area contributed by atoms with Gasteiger partial charge in [0.1, 0.15) is 35.3 Å². The third kappa shape index (κ3) is 6.72. The van der Waals surface area contributed by atoms with Crippen LogP contribution in [0.4, 0.5) is 15.0 Å². The van der Waals surface area contributed by atoms with Gasteiger partial charge in [0.25, 0.3) is 5.91 Å². The highest BCUT2D eigenvalue weighted by Crippen LogP contribution is 2.52. The number of morpholine rings is 1. The first-order valence-electron chi connectivity index (χ1n) is 16.9. The molecule has 4 aliphatic rings. The van der Waals surface area contributed by atoms with Crippen LogP contribution >= 0.6 is 0 Å². The Morgan fingerprint density at radius 3 is 2.51 bits per heavy atom. The van der Waals surface area contributed by atoms with E-state index in [1.165, 1.54) is 24.5 Å². The van der Waals surface area contributed by atoms with Crippen LogP contribution in [0.5, 0.6) is 17.2 Å². The molecule has 0 radical (unpaired) electrons. The number of benzene rings is 1. The molecule has 1 saturated carbocycles. The molecule has 2 atom stereocenters. The van der Waals surface area contributed by atoms with Gasteiger partial charge in [-0.25, -0.2) is 19.2 Å². The van der Waals surface area contributed by atoms with Crippen LogP contribution in [0.2, 0.25) is 0 Å². The highest BCUT2D eigenvalue weighted by molar-refractivity contribution is 5.97. The minimum Gasteiger partial charge on any atom is -0.490 e. The van der Waals surface area contributed by atoms with Gasteiger partial charge in [0.15, 0.2) is 11.6 Å². The van der Waals surface area contributed by atoms with Gasteiger partial charge in [-0.3, -0.25) is 9.78 Å². The number of carbonyl (C=O) groups excluding carboxylic acids is 2. The molecule has 5 heterocycles. The summed E-state index contributed by atoms with van der Waals surface area (Å²) < 4.78 is 38.4. The summed E-state index contributed by atoms with van der Waals surface area (Å²) in [6, 6.07) is 5.54. The van der Waals surface area contributed by atoms with Gasteiger partial charge in [0, 0.05) is 43.2 Å². The summed E-state index contributed by atoms with van der Waals surface area (Å²) in [5.74, 6) is 1.19. The Morgan fingerprint density at radius 1 is 1.02 bits per heavy atom. The van der Waals surface area contributed by atoms with Gasteiger partial charge in [-0.15, -0.1) is 0 Å². The highest BCUT2D eigenvalue weighted by atomic mass is 19.1. The number of hydrogen-bond donors (Lipinski definition) is 0. The Balaban J connectivity index is 0.996. The van der Waals surface area contributed by atoms with Gasteiger partial charge in [0.2, 0.25) is 0 Å². The van der Waals surface area contributed by atoms with E-state index in [2.05, 4.69) is 19.9 Å². The smallest absolute Gasteiger partial charge is 0.410 e. The van der Waals surface area contributed by atoms with Gasteiger partial charge in [0.05, 0.1) is 49.3 Å². The second kappa shape index (κ2) is 12.7. The summed E-state index contributed by atoms with van der Waals surface area (Å²) in [4.78, 5) is 45.3. The van der Waals surface area contributed by atoms with E-state index in [0.29, 0.717) is 44.3 Å². The zero-order chi connectivity index (χ0) is 34.5. The van der Waals surface area contributed by atoms with Crippen molar-refractivity contribution >= 4 is 17.8 Å². The molecule has 12 nitrogen and oxygen atoms in total. The number of amides is 2. The number of anilines is 1. The predicted octanol–water partition coefficient (Wildman–Crippen LogP) is 5.39. The third-order valence-corrected chi connectivity index (χ3v) is 9.64. The van der Waals surface area contributed by atoms with Crippen LogP contribution < -0.4 is 14.4 Å². The lowest BCUT2D eigenvalue weighted by molar-refractivity contribution is -0.0353. The van der Waals surface area contributed by atoms with Crippen molar-refractivity contribution in [3.05, 3.63) is 65.6 Å². The number of aromatic nitrogens is 3. The number of hydrogen-bond acceptors (Lipinski definition) is 10. The van der Waals surface area contributed by atoms with Crippen molar-refractivity contribution in [2.45, 2.75) is 84.2 Å². The number of ether oxygens (including phenoxy) is 4. The molecule has 1 aliphatic carbocycles. The van der Waals surface area contributed by atoms with E-state index in [4.69, 9.17) is 18.9 Å². The number of nitrogens with zero attached hydrogens (tertiary/aromatic N) is 6. The fraction of sp³-hybridized carbons (Fsp3) is 0.528. The van der Waals surface area contributed by atoms with Crippen molar-refractivity contribution in [1.29, 1.82) is 0 Å². The molecule has 0 unspecified atom stereocenters. The largest absolute Gasteiger partial charge is 0.490 e. The molecule has 1 spiro atoms. The first-order chi connectivity index (χ1) is 23.4. The molecule has 7 rings (SSSR count). The number of halogens is 1. The molecule has 0 bridgehead atoms. The molecule has 2 saturated heterocycles. The standard InChI is InChI=1S/C36H43FN6O6/c1-22-17-46-18-23(2)43(22)33(44)26-12-24(37)6-7-29(26)48-31-15-38-21-40-32(31)42-19-36(20-42)13-25(14-36)47-30-8-10-39-28-9-11-41(16-27(28)30)34(45)49-35(3,4)5/h6-8,10,12,15,21-23,25H,9,11,13-14,16-20H2,1-5H3/t22-,23+. The summed E-state index contributed by atoms with van der Waals surface area (Å²) in [5, 5.41) is 0. The minimum absolute atomic E-state index is 0.0458. The Kier molecular flexibility index (Phi) is 8.58. The maximum Gasteiger partial charge on any atom is 0.410 e. The van der Waals surface area contributed by atoms with Crippen molar-refractivity contribution in [3.8, 4) is 17.2 Å². The van der Waals surface area contributed by atoms with Crippen LogP contribution in [-0.2, 0) is 22.4 Å². The number of carbonyl (C=O) groups is 2. The van der Waals surface area contributed by atoms with Crippen LogP contribution in [0.25, 0.3) is 0 Å². The Morgan fingerprint density at radius 2 is 1.78 bits per heavy atom.